The molecule has 0 radical (unpaired) electrons. The molecule has 21 heavy (non-hydrogen) atoms. The smallest absolute Gasteiger partial charge is 0.260 e. The van der Waals surface area contributed by atoms with Gasteiger partial charge in [0.1, 0.15) is 5.75 Å². The number of thiophene rings is 1. The molecule has 2 rings (SSSR count). The van der Waals surface area contributed by atoms with Gasteiger partial charge in [0.25, 0.3) is 5.91 Å². The van der Waals surface area contributed by atoms with Gasteiger partial charge in [-0.25, -0.2) is 0 Å². The number of benzene rings is 1. The van der Waals surface area contributed by atoms with Crippen molar-refractivity contribution in [1.82, 2.24) is 4.90 Å². The van der Waals surface area contributed by atoms with Crippen LogP contribution in [0.5, 0.6) is 5.75 Å². The normalized spacial score (nSPS) is 11.5. The first-order chi connectivity index (χ1) is 10.1. The van der Waals surface area contributed by atoms with E-state index in [0.29, 0.717) is 11.3 Å². The van der Waals surface area contributed by atoms with Crippen LogP contribution in [0.4, 0.5) is 0 Å². The van der Waals surface area contributed by atoms with Crippen molar-refractivity contribution in [3.05, 3.63) is 52.2 Å². The third-order valence-electron chi connectivity index (χ3n) is 3.28. The van der Waals surface area contributed by atoms with Crippen LogP contribution < -0.4 is 4.74 Å². The number of amides is 1. The molecule has 0 N–H and O–H groups in total. The highest BCUT2D eigenvalue weighted by molar-refractivity contribution is 7.10. The molecule has 0 aliphatic rings. The van der Waals surface area contributed by atoms with E-state index in [1.807, 2.05) is 30.5 Å². The highest BCUT2D eigenvalue weighted by atomic mass is 32.1. The lowest BCUT2D eigenvalue weighted by atomic mass is 10.2. The second-order valence-electron chi connectivity index (χ2n) is 4.62. The van der Waals surface area contributed by atoms with Crippen molar-refractivity contribution in [2.75, 3.05) is 13.7 Å². The van der Waals surface area contributed by atoms with Crippen molar-refractivity contribution in [3.63, 3.8) is 0 Å². The first-order valence-electron chi connectivity index (χ1n) is 6.54. The summed E-state index contributed by atoms with van der Waals surface area (Å²) in [5.41, 5.74) is 0.567. The predicted octanol–water partition coefficient (Wildman–Crippen LogP) is 3.22. The van der Waals surface area contributed by atoms with Gasteiger partial charge in [0.15, 0.2) is 6.61 Å². The number of carbonyl (C=O) groups is 1. The topological polar surface area (TPSA) is 53.3 Å². The summed E-state index contributed by atoms with van der Waals surface area (Å²) < 4.78 is 5.46. The van der Waals surface area contributed by atoms with E-state index in [-0.39, 0.29) is 18.6 Å². The van der Waals surface area contributed by atoms with Crippen LogP contribution in [0.15, 0.2) is 41.8 Å². The molecule has 0 spiro atoms. The zero-order valence-electron chi connectivity index (χ0n) is 11.9. The number of rotatable bonds is 5. The zero-order valence-corrected chi connectivity index (χ0v) is 12.8. The molecule has 108 valence electrons. The summed E-state index contributed by atoms with van der Waals surface area (Å²) in [5, 5.41) is 10.7. The molecule has 0 bridgehead atoms. The molecule has 1 aromatic heterocycles. The Morgan fingerprint density at radius 1 is 1.38 bits per heavy atom. The molecule has 1 amide bonds. The Kier molecular flexibility index (Phi) is 4.96. The van der Waals surface area contributed by atoms with Gasteiger partial charge in [0.05, 0.1) is 17.7 Å². The lowest BCUT2D eigenvalue weighted by molar-refractivity contribution is -0.133. The Bertz CT molecular complexity index is 629. The van der Waals surface area contributed by atoms with Crippen LogP contribution in [0, 0.1) is 11.3 Å². The monoisotopic (exact) mass is 300 g/mol. The van der Waals surface area contributed by atoms with Crippen LogP contribution in [0.2, 0.25) is 0 Å². The van der Waals surface area contributed by atoms with E-state index in [2.05, 4.69) is 0 Å². The van der Waals surface area contributed by atoms with E-state index >= 15 is 0 Å². The third-order valence-corrected chi connectivity index (χ3v) is 4.32. The number of likely N-dealkylation sites (N-methyl/N-ethyl adjacent to an activating group) is 1. The number of carbonyl (C=O) groups excluding carboxylic acids is 1. The molecule has 0 saturated heterocycles. The summed E-state index contributed by atoms with van der Waals surface area (Å²) in [6, 6.07) is 12.8. The molecule has 4 nitrogen and oxygen atoms in total. The van der Waals surface area contributed by atoms with Gasteiger partial charge in [-0.2, -0.15) is 5.26 Å². The number of hydrogen-bond donors (Lipinski definition) is 0. The third kappa shape index (κ3) is 3.83. The summed E-state index contributed by atoms with van der Waals surface area (Å²) in [6.07, 6.45) is 0. The molecule has 0 fully saturated rings. The molecule has 1 unspecified atom stereocenters. The summed E-state index contributed by atoms with van der Waals surface area (Å²) in [6.45, 7) is 1.98. The van der Waals surface area contributed by atoms with Crippen LogP contribution in [0.3, 0.4) is 0 Å². The Hall–Kier alpha value is -2.32. The van der Waals surface area contributed by atoms with Gasteiger partial charge in [-0.1, -0.05) is 6.07 Å². The maximum atomic E-state index is 12.1. The molecule has 2 aromatic rings. The number of ether oxygens (including phenoxy) is 1. The van der Waals surface area contributed by atoms with Crippen LogP contribution in [-0.2, 0) is 4.79 Å². The fourth-order valence-electron chi connectivity index (χ4n) is 1.81. The van der Waals surface area contributed by atoms with Crippen molar-refractivity contribution in [2.24, 2.45) is 0 Å². The first kappa shape index (κ1) is 15.1. The van der Waals surface area contributed by atoms with Crippen LogP contribution in [0.25, 0.3) is 0 Å². The number of hydrogen-bond acceptors (Lipinski definition) is 4. The molecule has 1 heterocycles. The summed E-state index contributed by atoms with van der Waals surface area (Å²) >= 11 is 1.63. The van der Waals surface area contributed by atoms with Crippen molar-refractivity contribution in [2.45, 2.75) is 13.0 Å². The Morgan fingerprint density at radius 3 is 2.67 bits per heavy atom. The number of nitriles is 1. The molecule has 5 heteroatoms. The van der Waals surface area contributed by atoms with Gasteiger partial charge in [-0.05, 0) is 42.6 Å². The standard InChI is InChI=1S/C16H16N2O2S/c1-12(15-4-3-9-21-15)18(2)16(19)11-20-14-7-5-13(10-17)6-8-14/h3-9,12H,11H2,1-2H3. The average molecular weight is 300 g/mol. The lowest BCUT2D eigenvalue weighted by Gasteiger charge is -2.24. The van der Waals surface area contributed by atoms with E-state index < -0.39 is 0 Å². The minimum absolute atomic E-state index is 0.0158. The quantitative estimate of drug-likeness (QED) is 0.852. The highest BCUT2D eigenvalue weighted by Gasteiger charge is 2.18. The van der Waals surface area contributed by atoms with Gasteiger partial charge >= 0.3 is 0 Å². The zero-order chi connectivity index (χ0) is 15.2. The Labute approximate surface area is 128 Å². The molecule has 1 aromatic carbocycles. The van der Waals surface area contributed by atoms with E-state index in [1.54, 1.807) is 47.5 Å². The highest BCUT2D eigenvalue weighted by Crippen LogP contribution is 2.23. The SMILES string of the molecule is CC(c1cccs1)N(C)C(=O)COc1ccc(C#N)cc1. The Balaban J connectivity index is 1.90. The molecular formula is C16H16N2O2S. The average Bonchev–Trinajstić information content (AvgIpc) is 3.06. The van der Waals surface area contributed by atoms with Crippen molar-refractivity contribution in [1.29, 1.82) is 5.26 Å². The van der Waals surface area contributed by atoms with Gasteiger partial charge in [0.2, 0.25) is 0 Å². The van der Waals surface area contributed by atoms with Gasteiger partial charge in [-0.3, -0.25) is 4.79 Å². The van der Waals surface area contributed by atoms with E-state index in [1.165, 1.54) is 0 Å². The van der Waals surface area contributed by atoms with Crippen molar-refractivity contribution < 1.29 is 9.53 Å². The largest absolute Gasteiger partial charge is 0.484 e. The van der Waals surface area contributed by atoms with Crippen LogP contribution in [-0.4, -0.2) is 24.5 Å². The summed E-state index contributed by atoms with van der Waals surface area (Å²) in [7, 11) is 1.77. The van der Waals surface area contributed by atoms with Crippen LogP contribution >= 0.6 is 11.3 Å². The maximum Gasteiger partial charge on any atom is 0.260 e. The minimum Gasteiger partial charge on any atom is -0.484 e. The lowest BCUT2D eigenvalue weighted by Crippen LogP contribution is -2.33. The minimum atomic E-state index is -0.0831. The predicted molar refractivity (Wildman–Crippen MR) is 82.2 cm³/mol. The second-order valence-corrected chi connectivity index (χ2v) is 5.60. The molecule has 1 atom stereocenters. The van der Waals surface area contributed by atoms with E-state index in [0.717, 1.165) is 4.88 Å². The summed E-state index contributed by atoms with van der Waals surface area (Å²) in [4.78, 5) is 14.9. The van der Waals surface area contributed by atoms with E-state index in [4.69, 9.17) is 10.00 Å². The molecule has 0 aliphatic carbocycles. The van der Waals surface area contributed by atoms with Gasteiger partial charge < -0.3 is 9.64 Å². The second kappa shape index (κ2) is 6.91. The van der Waals surface area contributed by atoms with Gasteiger partial charge in [0, 0.05) is 11.9 Å². The summed E-state index contributed by atoms with van der Waals surface area (Å²) in [5.74, 6) is 0.500. The fourth-order valence-corrected chi connectivity index (χ4v) is 2.63. The maximum absolute atomic E-state index is 12.1. The van der Waals surface area contributed by atoms with Gasteiger partial charge in [-0.15, -0.1) is 11.3 Å². The molecule has 0 saturated carbocycles. The number of nitrogens with zero attached hydrogens (tertiary/aromatic N) is 2. The van der Waals surface area contributed by atoms with Crippen molar-refractivity contribution in [3.8, 4) is 11.8 Å². The fraction of sp³-hybridized carbons (Fsp3) is 0.250. The van der Waals surface area contributed by atoms with Crippen molar-refractivity contribution >= 4 is 17.2 Å². The van der Waals surface area contributed by atoms with Crippen LogP contribution in [0.1, 0.15) is 23.4 Å². The molecular weight excluding hydrogens is 284 g/mol. The molecule has 0 aliphatic heterocycles. The van der Waals surface area contributed by atoms with E-state index in [9.17, 15) is 4.79 Å². The first-order valence-corrected chi connectivity index (χ1v) is 7.42. The Morgan fingerprint density at radius 2 is 2.10 bits per heavy atom.